The topological polar surface area (TPSA) is 117 Å². The maximum Gasteiger partial charge on any atom is 0.411 e. The molecule has 6 aromatic rings. The van der Waals surface area contributed by atoms with Gasteiger partial charge in [-0.3, -0.25) is 10.6 Å². The van der Waals surface area contributed by atoms with Crippen LogP contribution in [-0.4, -0.2) is 48.0 Å². The Hall–Kier alpha value is -6.96. The van der Waals surface area contributed by atoms with Crippen molar-refractivity contribution >= 4 is 23.6 Å². The zero-order valence-electron chi connectivity index (χ0n) is 30.6. The molecule has 6 aromatic carbocycles. The van der Waals surface area contributed by atoms with Crippen LogP contribution in [0.1, 0.15) is 45.2 Å². The third-order valence-corrected chi connectivity index (χ3v) is 10.9. The van der Waals surface area contributed by atoms with E-state index in [0.717, 1.165) is 44.5 Å². The molecule has 0 aromatic heterocycles. The Kier molecular flexibility index (Phi) is 9.73. The number of anilines is 2. The molecule has 2 amide bonds. The third-order valence-electron chi connectivity index (χ3n) is 10.9. The molecular formula is C45H32F6N2O6. The van der Waals surface area contributed by atoms with Crippen LogP contribution in [0.15, 0.2) is 133 Å². The molecule has 4 N–H and O–H groups in total. The van der Waals surface area contributed by atoms with Crippen LogP contribution in [0.2, 0.25) is 0 Å². The minimum Gasteiger partial charge on any atom is -0.506 e. The third kappa shape index (κ3) is 6.73. The zero-order valence-corrected chi connectivity index (χ0v) is 30.6. The van der Waals surface area contributed by atoms with Gasteiger partial charge >= 0.3 is 24.5 Å². The van der Waals surface area contributed by atoms with E-state index >= 15 is 26.3 Å². The number of phenols is 2. The molecule has 14 heteroatoms. The number of amides is 2. The van der Waals surface area contributed by atoms with Gasteiger partial charge in [-0.05, 0) is 79.9 Å². The summed E-state index contributed by atoms with van der Waals surface area (Å²) in [6, 6.07) is 32.4. The second-order valence-corrected chi connectivity index (χ2v) is 14.1. The fourth-order valence-electron chi connectivity index (χ4n) is 8.21. The minimum atomic E-state index is -6.11. The van der Waals surface area contributed by atoms with Crippen LogP contribution in [0.4, 0.5) is 47.3 Å². The van der Waals surface area contributed by atoms with Gasteiger partial charge in [-0.15, -0.1) is 0 Å². The van der Waals surface area contributed by atoms with E-state index < -0.39 is 75.8 Å². The molecule has 0 bridgehead atoms. The van der Waals surface area contributed by atoms with Crippen molar-refractivity contribution < 1.29 is 55.6 Å². The summed E-state index contributed by atoms with van der Waals surface area (Å²) >= 11 is 0. The summed E-state index contributed by atoms with van der Waals surface area (Å²) in [4.78, 5) is 26.1. The molecular weight excluding hydrogens is 778 g/mol. The molecule has 0 aliphatic heterocycles. The van der Waals surface area contributed by atoms with E-state index in [2.05, 4.69) is 10.6 Å². The number of ether oxygens (including phenoxy) is 2. The number of carbonyl (C=O) groups excluding carboxylic acids is 2. The van der Waals surface area contributed by atoms with Crippen molar-refractivity contribution in [3.63, 3.8) is 0 Å². The number of hydrogen-bond donors (Lipinski definition) is 4. The highest BCUT2D eigenvalue weighted by atomic mass is 19.4. The van der Waals surface area contributed by atoms with E-state index in [9.17, 15) is 19.8 Å². The van der Waals surface area contributed by atoms with Crippen molar-refractivity contribution in [2.75, 3.05) is 23.8 Å². The minimum absolute atomic E-state index is 0.234. The molecule has 0 saturated heterocycles. The van der Waals surface area contributed by atoms with Gasteiger partial charge in [-0.1, -0.05) is 109 Å². The van der Waals surface area contributed by atoms with Crippen molar-refractivity contribution in [1.82, 2.24) is 0 Å². The molecule has 0 saturated carbocycles. The van der Waals surface area contributed by atoms with Gasteiger partial charge in [0.15, 0.2) is 0 Å². The zero-order chi connectivity index (χ0) is 41.7. The maximum atomic E-state index is 15.2. The molecule has 2 aliphatic carbocycles. The van der Waals surface area contributed by atoms with Gasteiger partial charge < -0.3 is 19.7 Å². The number of rotatable bonds is 8. The second-order valence-electron chi connectivity index (χ2n) is 14.1. The van der Waals surface area contributed by atoms with Crippen molar-refractivity contribution in [1.29, 1.82) is 0 Å². The monoisotopic (exact) mass is 810 g/mol. The van der Waals surface area contributed by atoms with Gasteiger partial charge in [0.2, 0.25) is 5.41 Å². The first kappa shape index (κ1) is 38.9. The molecule has 0 unspecified atom stereocenters. The average molecular weight is 811 g/mol. The summed E-state index contributed by atoms with van der Waals surface area (Å²) < 4.78 is 102. The first-order valence-electron chi connectivity index (χ1n) is 18.2. The molecule has 2 aliphatic rings. The van der Waals surface area contributed by atoms with Crippen molar-refractivity contribution in [2.45, 2.75) is 29.6 Å². The summed E-state index contributed by atoms with van der Waals surface area (Å²) in [7, 11) is 0. The van der Waals surface area contributed by atoms with Crippen molar-refractivity contribution in [3.8, 4) is 33.8 Å². The van der Waals surface area contributed by atoms with Crippen LogP contribution in [0.5, 0.6) is 11.5 Å². The predicted molar refractivity (Wildman–Crippen MR) is 206 cm³/mol. The van der Waals surface area contributed by atoms with Crippen molar-refractivity contribution in [2.24, 2.45) is 0 Å². The molecule has 0 radical (unpaired) electrons. The molecule has 8 nitrogen and oxygen atoms in total. The number of phenolic OH excluding ortho intramolecular Hbond substituents is 2. The van der Waals surface area contributed by atoms with Gasteiger partial charge in [-0.25, -0.2) is 9.59 Å². The summed E-state index contributed by atoms with van der Waals surface area (Å²) in [5, 5.41) is 25.3. The first-order valence-corrected chi connectivity index (χ1v) is 18.2. The molecule has 0 atom stereocenters. The fourth-order valence-corrected chi connectivity index (χ4v) is 8.21. The highest BCUT2D eigenvalue weighted by Gasteiger charge is 2.72. The molecule has 0 heterocycles. The predicted octanol–water partition coefficient (Wildman–Crippen LogP) is 11.2. The van der Waals surface area contributed by atoms with Gasteiger partial charge in [-0.2, -0.15) is 26.3 Å². The van der Waals surface area contributed by atoms with E-state index in [1.165, 1.54) is 0 Å². The van der Waals surface area contributed by atoms with E-state index in [1.807, 2.05) is 97.1 Å². The summed E-state index contributed by atoms with van der Waals surface area (Å²) in [6.07, 6.45) is -14.7. The molecule has 59 heavy (non-hydrogen) atoms. The van der Waals surface area contributed by atoms with Crippen LogP contribution in [0.3, 0.4) is 0 Å². The maximum absolute atomic E-state index is 15.2. The Morgan fingerprint density at radius 1 is 0.492 bits per heavy atom. The lowest BCUT2D eigenvalue weighted by atomic mass is 9.72. The van der Waals surface area contributed by atoms with Crippen LogP contribution in [0, 0.1) is 0 Å². The quantitative estimate of drug-likeness (QED) is 0.0898. The second kappa shape index (κ2) is 14.8. The van der Waals surface area contributed by atoms with Crippen LogP contribution >= 0.6 is 0 Å². The van der Waals surface area contributed by atoms with E-state index in [4.69, 9.17) is 9.47 Å². The standard InChI is InChI=1S/C45H32F6N2O6/c46-44(47,48)43(45(49,50)51,25-17-19-39(54)37(21-25)52-41(56)58-23-35-31-13-5-1-9-27(31)28-10-2-6-14-32(28)35)26-18-20-40(55)38(22-26)53-42(57)59-24-36-33-15-7-3-11-29(33)30-12-4-8-16-34(30)36/h1-22,35-36,54-55H,23-24H2,(H,52,56)(H,53,57). The highest BCUT2D eigenvalue weighted by Crippen LogP contribution is 2.57. The summed E-state index contributed by atoms with van der Waals surface area (Å²) in [5.41, 5.74) is -2.19. The van der Waals surface area contributed by atoms with Gasteiger partial charge in [0, 0.05) is 11.8 Å². The molecule has 0 spiro atoms. The average Bonchev–Trinajstić information content (AvgIpc) is 3.70. The van der Waals surface area contributed by atoms with Gasteiger partial charge in [0.05, 0.1) is 11.4 Å². The molecule has 300 valence electrons. The Morgan fingerprint density at radius 2 is 0.797 bits per heavy atom. The lowest BCUT2D eigenvalue weighted by Crippen LogP contribution is -2.54. The lowest BCUT2D eigenvalue weighted by molar-refractivity contribution is -0.288. The van der Waals surface area contributed by atoms with Crippen LogP contribution < -0.4 is 10.6 Å². The van der Waals surface area contributed by atoms with Crippen LogP contribution in [-0.2, 0) is 14.9 Å². The number of hydrogen-bond acceptors (Lipinski definition) is 6. The Bertz CT molecular complexity index is 2340. The van der Waals surface area contributed by atoms with Crippen LogP contribution in [0.25, 0.3) is 22.3 Å². The number of benzene rings is 6. The highest BCUT2D eigenvalue weighted by molar-refractivity contribution is 5.89. The van der Waals surface area contributed by atoms with Gasteiger partial charge in [0.1, 0.15) is 24.7 Å². The lowest BCUT2D eigenvalue weighted by Gasteiger charge is -2.38. The van der Waals surface area contributed by atoms with Crippen molar-refractivity contribution in [3.05, 3.63) is 167 Å². The van der Waals surface area contributed by atoms with E-state index in [0.29, 0.717) is 36.4 Å². The SMILES string of the molecule is O=C(Nc1cc(C(c2ccc(O)c(NC(=O)OCC3c4ccccc4-c4ccccc43)c2)(C(F)(F)F)C(F)(F)F)ccc1O)OCC1c2ccccc2-c2ccccc21. The number of carbonyl (C=O) groups is 2. The Balaban J connectivity index is 1.05. The first-order chi connectivity index (χ1) is 28.2. The van der Waals surface area contributed by atoms with Gasteiger partial charge in [0.25, 0.3) is 0 Å². The Morgan fingerprint density at radius 3 is 1.10 bits per heavy atom. The number of halogens is 6. The Labute approximate surface area is 332 Å². The summed E-state index contributed by atoms with van der Waals surface area (Å²) in [5.74, 6) is -2.52. The van der Waals surface area contributed by atoms with E-state index in [1.54, 1.807) is 0 Å². The number of alkyl halides is 6. The molecule has 0 fully saturated rings. The number of nitrogens with one attached hydrogen (secondary N) is 2. The number of fused-ring (bicyclic) bond motifs is 6. The number of aromatic hydroxyl groups is 2. The normalized spacial score (nSPS) is 13.5. The van der Waals surface area contributed by atoms with E-state index in [-0.39, 0.29) is 13.2 Å². The smallest absolute Gasteiger partial charge is 0.411 e. The summed E-state index contributed by atoms with van der Waals surface area (Å²) in [6.45, 7) is -0.468. The fraction of sp³-hybridized carbons (Fsp3) is 0.156. The largest absolute Gasteiger partial charge is 0.506 e. The molecule has 8 rings (SSSR count).